The van der Waals surface area contributed by atoms with Crippen LogP contribution in [0.5, 0.6) is 0 Å². The molecule has 1 aliphatic rings. The van der Waals surface area contributed by atoms with E-state index >= 15 is 0 Å². The summed E-state index contributed by atoms with van der Waals surface area (Å²) < 4.78 is 6.62. The Hall–Kier alpha value is -1.40. The first-order valence-electron chi connectivity index (χ1n) is 7.68. The molecule has 6 heteroatoms. The van der Waals surface area contributed by atoms with E-state index in [9.17, 15) is 4.79 Å². The highest BCUT2D eigenvalue weighted by Crippen LogP contribution is 2.16. The predicted octanol–water partition coefficient (Wildman–Crippen LogP) is 0.716. The first-order chi connectivity index (χ1) is 10.2. The Morgan fingerprint density at radius 3 is 2.90 bits per heavy atom. The number of aryl methyl sites for hydroxylation is 1. The zero-order valence-corrected chi connectivity index (χ0v) is 13.0. The van der Waals surface area contributed by atoms with E-state index in [0.717, 1.165) is 31.7 Å². The molecular formula is C15H26N4O2. The lowest BCUT2D eigenvalue weighted by Crippen LogP contribution is -2.30. The van der Waals surface area contributed by atoms with E-state index in [4.69, 9.17) is 4.74 Å². The van der Waals surface area contributed by atoms with Gasteiger partial charge in [-0.1, -0.05) is 0 Å². The summed E-state index contributed by atoms with van der Waals surface area (Å²) in [4.78, 5) is 14.1. The third kappa shape index (κ3) is 4.82. The van der Waals surface area contributed by atoms with Crippen molar-refractivity contribution in [2.75, 3.05) is 45.3 Å². The molecule has 1 aliphatic heterocycles. The molecule has 2 heterocycles. The van der Waals surface area contributed by atoms with Crippen molar-refractivity contribution in [1.29, 1.82) is 0 Å². The molecule has 0 amide bonds. The third-order valence-electron chi connectivity index (χ3n) is 4.13. The number of hydrogen-bond acceptors (Lipinski definition) is 5. The summed E-state index contributed by atoms with van der Waals surface area (Å²) in [6, 6.07) is 1.66. The molecule has 0 bridgehead atoms. The number of likely N-dealkylation sites (N-methyl/N-ethyl adjacent to an activating group) is 1. The first kappa shape index (κ1) is 16.0. The molecule has 6 nitrogen and oxygen atoms in total. The van der Waals surface area contributed by atoms with Crippen molar-refractivity contribution in [3.63, 3.8) is 0 Å². The van der Waals surface area contributed by atoms with Crippen LogP contribution in [-0.4, -0.2) is 50.2 Å². The van der Waals surface area contributed by atoms with Gasteiger partial charge in [-0.2, -0.15) is 5.10 Å². The SMILES string of the molecule is COCCN(C)c1cnn(CCC2CCNCC2)c(=O)c1. The molecule has 0 saturated carbocycles. The van der Waals surface area contributed by atoms with Crippen LogP contribution in [0.4, 0.5) is 5.69 Å². The second-order valence-electron chi connectivity index (χ2n) is 5.67. The summed E-state index contributed by atoms with van der Waals surface area (Å²) in [5, 5.41) is 7.66. The summed E-state index contributed by atoms with van der Waals surface area (Å²) >= 11 is 0. The van der Waals surface area contributed by atoms with E-state index in [2.05, 4.69) is 10.4 Å². The number of ether oxygens (including phenoxy) is 1. The Labute approximate surface area is 126 Å². The van der Waals surface area contributed by atoms with Gasteiger partial charge in [0.05, 0.1) is 18.5 Å². The lowest BCUT2D eigenvalue weighted by Gasteiger charge is -2.22. The van der Waals surface area contributed by atoms with Gasteiger partial charge in [0.2, 0.25) is 0 Å². The fourth-order valence-corrected chi connectivity index (χ4v) is 2.63. The number of piperidine rings is 1. The van der Waals surface area contributed by atoms with Crippen molar-refractivity contribution in [2.45, 2.75) is 25.8 Å². The largest absolute Gasteiger partial charge is 0.383 e. The van der Waals surface area contributed by atoms with Crippen LogP contribution in [-0.2, 0) is 11.3 Å². The van der Waals surface area contributed by atoms with E-state index in [1.165, 1.54) is 12.8 Å². The summed E-state index contributed by atoms with van der Waals surface area (Å²) in [6.45, 7) is 4.28. The quantitative estimate of drug-likeness (QED) is 0.803. The molecule has 1 saturated heterocycles. The van der Waals surface area contributed by atoms with E-state index in [1.54, 1.807) is 24.1 Å². The topological polar surface area (TPSA) is 59.4 Å². The average Bonchev–Trinajstić information content (AvgIpc) is 2.52. The summed E-state index contributed by atoms with van der Waals surface area (Å²) in [7, 11) is 3.61. The van der Waals surface area contributed by atoms with Crippen molar-refractivity contribution in [3.05, 3.63) is 22.6 Å². The van der Waals surface area contributed by atoms with E-state index in [1.807, 2.05) is 11.9 Å². The first-order valence-corrected chi connectivity index (χ1v) is 7.68. The molecule has 1 N–H and O–H groups in total. The maximum Gasteiger partial charge on any atom is 0.268 e. The molecule has 0 aliphatic carbocycles. The van der Waals surface area contributed by atoms with Crippen LogP contribution >= 0.6 is 0 Å². The summed E-state index contributed by atoms with van der Waals surface area (Å²) in [6.07, 6.45) is 5.20. The van der Waals surface area contributed by atoms with Gasteiger partial charge in [-0.3, -0.25) is 4.79 Å². The van der Waals surface area contributed by atoms with Crippen molar-refractivity contribution < 1.29 is 4.74 Å². The Balaban J connectivity index is 1.90. The Morgan fingerprint density at radius 2 is 2.24 bits per heavy atom. The van der Waals surface area contributed by atoms with Gasteiger partial charge in [0, 0.05) is 33.3 Å². The second-order valence-corrected chi connectivity index (χ2v) is 5.67. The molecule has 2 rings (SSSR count). The van der Waals surface area contributed by atoms with Gasteiger partial charge < -0.3 is 15.0 Å². The van der Waals surface area contributed by atoms with Crippen molar-refractivity contribution in [3.8, 4) is 0 Å². The molecule has 0 atom stereocenters. The number of anilines is 1. The third-order valence-corrected chi connectivity index (χ3v) is 4.13. The number of methoxy groups -OCH3 is 1. The van der Waals surface area contributed by atoms with Gasteiger partial charge in [-0.15, -0.1) is 0 Å². The fourth-order valence-electron chi connectivity index (χ4n) is 2.63. The minimum atomic E-state index is -0.0225. The lowest BCUT2D eigenvalue weighted by molar-refractivity contribution is 0.206. The molecule has 0 radical (unpaired) electrons. The highest BCUT2D eigenvalue weighted by Gasteiger charge is 2.13. The smallest absolute Gasteiger partial charge is 0.268 e. The molecule has 0 unspecified atom stereocenters. The standard InChI is InChI=1S/C15H26N4O2/c1-18(9-10-21-2)14-11-15(20)19(17-12-14)8-5-13-3-6-16-7-4-13/h11-13,16H,3-10H2,1-2H3. The van der Waals surface area contributed by atoms with Crippen LogP contribution in [0.1, 0.15) is 19.3 Å². The maximum absolute atomic E-state index is 12.1. The number of nitrogens with one attached hydrogen (secondary N) is 1. The Bertz CT molecular complexity index is 483. The molecule has 118 valence electrons. The number of aromatic nitrogens is 2. The molecule has 0 aromatic carbocycles. The van der Waals surface area contributed by atoms with E-state index in [0.29, 0.717) is 19.1 Å². The fraction of sp³-hybridized carbons (Fsp3) is 0.733. The van der Waals surface area contributed by atoms with Gasteiger partial charge in [0.15, 0.2) is 0 Å². The lowest BCUT2D eigenvalue weighted by atomic mass is 9.95. The number of rotatable bonds is 7. The minimum Gasteiger partial charge on any atom is -0.383 e. The normalized spacial score (nSPS) is 16.1. The van der Waals surface area contributed by atoms with Gasteiger partial charge >= 0.3 is 0 Å². The number of nitrogens with zero attached hydrogens (tertiary/aromatic N) is 3. The second kappa shape index (κ2) is 8.14. The molecular weight excluding hydrogens is 268 g/mol. The van der Waals surface area contributed by atoms with Gasteiger partial charge in [0.1, 0.15) is 0 Å². The highest BCUT2D eigenvalue weighted by atomic mass is 16.5. The molecule has 0 spiro atoms. The zero-order chi connectivity index (χ0) is 15.1. The Kier molecular flexibility index (Phi) is 6.20. The van der Waals surface area contributed by atoms with Gasteiger partial charge in [0.25, 0.3) is 5.56 Å². The number of hydrogen-bond donors (Lipinski definition) is 1. The molecule has 1 fully saturated rings. The molecule has 1 aromatic rings. The van der Waals surface area contributed by atoms with Crippen LogP contribution in [0.15, 0.2) is 17.1 Å². The Morgan fingerprint density at radius 1 is 1.48 bits per heavy atom. The highest BCUT2D eigenvalue weighted by molar-refractivity contribution is 5.41. The van der Waals surface area contributed by atoms with Gasteiger partial charge in [-0.05, 0) is 38.3 Å². The van der Waals surface area contributed by atoms with Crippen LogP contribution < -0.4 is 15.8 Å². The summed E-state index contributed by atoms with van der Waals surface area (Å²) in [5.74, 6) is 0.712. The van der Waals surface area contributed by atoms with Crippen molar-refractivity contribution in [2.24, 2.45) is 5.92 Å². The van der Waals surface area contributed by atoms with Crippen LogP contribution in [0, 0.1) is 5.92 Å². The zero-order valence-electron chi connectivity index (χ0n) is 13.0. The van der Waals surface area contributed by atoms with Crippen LogP contribution in [0.3, 0.4) is 0 Å². The molecule has 21 heavy (non-hydrogen) atoms. The minimum absolute atomic E-state index is 0.0225. The van der Waals surface area contributed by atoms with E-state index in [-0.39, 0.29) is 5.56 Å². The van der Waals surface area contributed by atoms with Gasteiger partial charge in [-0.25, -0.2) is 4.68 Å². The average molecular weight is 294 g/mol. The maximum atomic E-state index is 12.1. The molecule has 1 aromatic heterocycles. The monoisotopic (exact) mass is 294 g/mol. The van der Waals surface area contributed by atoms with E-state index < -0.39 is 0 Å². The van der Waals surface area contributed by atoms with Crippen LogP contribution in [0.25, 0.3) is 0 Å². The van der Waals surface area contributed by atoms with Crippen LogP contribution in [0.2, 0.25) is 0 Å². The predicted molar refractivity (Wildman–Crippen MR) is 83.9 cm³/mol. The van der Waals surface area contributed by atoms with Crippen molar-refractivity contribution >= 4 is 5.69 Å². The summed E-state index contributed by atoms with van der Waals surface area (Å²) in [5.41, 5.74) is 0.820. The van der Waals surface area contributed by atoms with Crippen molar-refractivity contribution in [1.82, 2.24) is 15.1 Å².